The van der Waals surface area contributed by atoms with Gasteiger partial charge in [0, 0.05) is 24.5 Å². The van der Waals surface area contributed by atoms with E-state index in [1.165, 1.54) is 0 Å². The monoisotopic (exact) mass is 257 g/mol. The summed E-state index contributed by atoms with van der Waals surface area (Å²) >= 11 is 0. The van der Waals surface area contributed by atoms with Crippen LogP contribution in [0, 0.1) is 0 Å². The lowest BCUT2D eigenvalue weighted by Gasteiger charge is -2.13. The second kappa shape index (κ2) is 6.78. The summed E-state index contributed by atoms with van der Waals surface area (Å²) in [6.07, 6.45) is 9.72. The first kappa shape index (κ1) is 13.4. The van der Waals surface area contributed by atoms with Crippen LogP contribution in [0.25, 0.3) is 11.4 Å². The van der Waals surface area contributed by atoms with Gasteiger partial charge in [0.25, 0.3) is 0 Å². The largest absolute Gasteiger partial charge is 0.370 e. The molecule has 2 aromatic rings. The molecule has 0 radical (unpaired) electrons. The Morgan fingerprint density at radius 3 is 2.63 bits per heavy atom. The average molecular weight is 257 g/mol. The molecule has 0 aliphatic carbocycles. The van der Waals surface area contributed by atoms with Crippen molar-refractivity contribution in [1.29, 1.82) is 0 Å². The molecule has 2 rings (SSSR count). The quantitative estimate of drug-likeness (QED) is 0.862. The molecule has 100 valence electrons. The van der Waals surface area contributed by atoms with E-state index in [-0.39, 0.29) is 0 Å². The van der Waals surface area contributed by atoms with E-state index in [0.717, 1.165) is 48.6 Å². The Hall–Kier alpha value is -2.04. The number of hydrogen-bond donors (Lipinski definition) is 1. The summed E-state index contributed by atoms with van der Waals surface area (Å²) in [5.41, 5.74) is 2.80. The summed E-state index contributed by atoms with van der Waals surface area (Å²) < 4.78 is 0. The minimum absolute atomic E-state index is 0.799. The molecular weight excluding hydrogens is 238 g/mol. The summed E-state index contributed by atoms with van der Waals surface area (Å²) in [6.45, 7) is 5.20. The number of rotatable bonds is 6. The van der Waals surface area contributed by atoms with Crippen LogP contribution in [-0.2, 0) is 6.42 Å². The van der Waals surface area contributed by atoms with Crippen molar-refractivity contribution in [2.45, 2.75) is 33.1 Å². The van der Waals surface area contributed by atoms with E-state index >= 15 is 0 Å². The molecule has 0 saturated heterocycles. The molecule has 0 aliphatic rings. The van der Waals surface area contributed by atoms with Gasteiger partial charge in [-0.3, -0.25) is 9.97 Å². The summed E-state index contributed by atoms with van der Waals surface area (Å²) in [6, 6.07) is 0. The highest BCUT2D eigenvalue weighted by Gasteiger charge is 2.13. The number of aromatic nitrogens is 4. The molecule has 0 amide bonds. The van der Waals surface area contributed by atoms with Crippen molar-refractivity contribution < 1.29 is 0 Å². The van der Waals surface area contributed by atoms with E-state index in [0.29, 0.717) is 0 Å². The first-order chi connectivity index (χ1) is 9.36. The summed E-state index contributed by atoms with van der Waals surface area (Å²) in [5, 5.41) is 3.36. The lowest BCUT2D eigenvalue weighted by Crippen LogP contribution is -2.08. The minimum Gasteiger partial charge on any atom is -0.370 e. The van der Waals surface area contributed by atoms with E-state index in [1.807, 2.05) is 0 Å². The molecule has 2 heterocycles. The van der Waals surface area contributed by atoms with Crippen molar-refractivity contribution in [3.8, 4) is 11.4 Å². The van der Waals surface area contributed by atoms with E-state index in [2.05, 4.69) is 39.1 Å². The summed E-state index contributed by atoms with van der Waals surface area (Å²) in [4.78, 5) is 17.2. The van der Waals surface area contributed by atoms with Crippen LogP contribution in [-0.4, -0.2) is 26.5 Å². The second-order valence-electron chi connectivity index (χ2n) is 4.32. The van der Waals surface area contributed by atoms with E-state index < -0.39 is 0 Å². The van der Waals surface area contributed by atoms with Gasteiger partial charge < -0.3 is 5.32 Å². The maximum atomic E-state index is 4.38. The molecule has 5 nitrogen and oxygen atoms in total. The minimum atomic E-state index is 0.799. The maximum Gasteiger partial charge on any atom is 0.133 e. The predicted molar refractivity (Wildman–Crippen MR) is 75.8 cm³/mol. The molecular formula is C14H19N5. The van der Waals surface area contributed by atoms with Crippen LogP contribution in [0.5, 0.6) is 0 Å². The number of nitrogens with one attached hydrogen (secondary N) is 1. The highest BCUT2D eigenvalue weighted by molar-refractivity contribution is 5.64. The van der Waals surface area contributed by atoms with Gasteiger partial charge in [-0.05, 0) is 12.8 Å². The van der Waals surface area contributed by atoms with Gasteiger partial charge in [-0.1, -0.05) is 20.3 Å². The third-order valence-corrected chi connectivity index (χ3v) is 2.79. The zero-order chi connectivity index (χ0) is 13.5. The summed E-state index contributed by atoms with van der Waals surface area (Å²) in [7, 11) is 0. The van der Waals surface area contributed by atoms with Crippen LogP contribution >= 0.6 is 0 Å². The standard InChI is InChI=1S/C14H19N5/c1-3-5-11-13(12-9-15-7-8-16-12)18-10-19-14(11)17-6-4-2/h7-10H,3-6H2,1-2H3,(H,17,18,19). The number of nitrogens with zero attached hydrogens (tertiary/aromatic N) is 4. The Bertz CT molecular complexity index is 512. The van der Waals surface area contributed by atoms with E-state index in [9.17, 15) is 0 Å². The van der Waals surface area contributed by atoms with Crippen LogP contribution in [0.4, 0.5) is 5.82 Å². The van der Waals surface area contributed by atoms with Crippen molar-refractivity contribution in [2.24, 2.45) is 0 Å². The van der Waals surface area contributed by atoms with Gasteiger partial charge in [0.2, 0.25) is 0 Å². The molecule has 0 fully saturated rings. The van der Waals surface area contributed by atoms with Crippen molar-refractivity contribution in [3.63, 3.8) is 0 Å². The Morgan fingerprint density at radius 2 is 1.95 bits per heavy atom. The molecule has 0 spiro atoms. The Morgan fingerprint density at radius 1 is 1.05 bits per heavy atom. The predicted octanol–water partition coefficient (Wildman–Crippen LogP) is 2.71. The van der Waals surface area contributed by atoms with E-state index in [4.69, 9.17) is 0 Å². The zero-order valence-corrected chi connectivity index (χ0v) is 11.4. The third-order valence-electron chi connectivity index (χ3n) is 2.79. The second-order valence-corrected chi connectivity index (χ2v) is 4.32. The molecule has 19 heavy (non-hydrogen) atoms. The van der Waals surface area contributed by atoms with Crippen molar-refractivity contribution in [2.75, 3.05) is 11.9 Å². The first-order valence-corrected chi connectivity index (χ1v) is 6.71. The van der Waals surface area contributed by atoms with Crippen molar-refractivity contribution >= 4 is 5.82 Å². The van der Waals surface area contributed by atoms with Gasteiger partial charge in [-0.15, -0.1) is 0 Å². The lowest BCUT2D eigenvalue weighted by atomic mass is 10.1. The highest BCUT2D eigenvalue weighted by Crippen LogP contribution is 2.24. The lowest BCUT2D eigenvalue weighted by molar-refractivity contribution is 0.890. The molecule has 0 aromatic carbocycles. The first-order valence-electron chi connectivity index (χ1n) is 6.71. The topological polar surface area (TPSA) is 63.6 Å². The van der Waals surface area contributed by atoms with Crippen LogP contribution in [0.1, 0.15) is 32.3 Å². The zero-order valence-electron chi connectivity index (χ0n) is 11.4. The van der Waals surface area contributed by atoms with Gasteiger partial charge in [-0.2, -0.15) is 0 Å². The van der Waals surface area contributed by atoms with Gasteiger partial charge in [0.05, 0.1) is 11.9 Å². The normalized spacial score (nSPS) is 10.4. The third kappa shape index (κ3) is 3.24. The molecule has 0 bridgehead atoms. The maximum absolute atomic E-state index is 4.38. The molecule has 0 saturated carbocycles. The molecule has 0 atom stereocenters. The molecule has 2 aromatic heterocycles. The van der Waals surface area contributed by atoms with Gasteiger partial charge in [-0.25, -0.2) is 9.97 Å². The average Bonchev–Trinajstić information content (AvgIpc) is 2.47. The van der Waals surface area contributed by atoms with Crippen LogP contribution < -0.4 is 5.32 Å². The number of hydrogen-bond acceptors (Lipinski definition) is 5. The number of anilines is 1. The van der Waals surface area contributed by atoms with Gasteiger partial charge in [0.15, 0.2) is 0 Å². The fourth-order valence-corrected chi connectivity index (χ4v) is 1.94. The Kier molecular flexibility index (Phi) is 4.78. The molecule has 0 unspecified atom stereocenters. The highest BCUT2D eigenvalue weighted by atomic mass is 15.0. The van der Waals surface area contributed by atoms with Crippen LogP contribution in [0.2, 0.25) is 0 Å². The van der Waals surface area contributed by atoms with E-state index in [1.54, 1.807) is 24.9 Å². The Balaban J connectivity index is 2.42. The van der Waals surface area contributed by atoms with Crippen molar-refractivity contribution in [1.82, 2.24) is 19.9 Å². The molecule has 0 aliphatic heterocycles. The van der Waals surface area contributed by atoms with Crippen molar-refractivity contribution in [3.05, 3.63) is 30.5 Å². The SMILES string of the molecule is CCCNc1ncnc(-c2cnccn2)c1CCC. The van der Waals surface area contributed by atoms with Gasteiger partial charge >= 0.3 is 0 Å². The van der Waals surface area contributed by atoms with Crippen LogP contribution in [0.3, 0.4) is 0 Å². The fourth-order valence-electron chi connectivity index (χ4n) is 1.94. The smallest absolute Gasteiger partial charge is 0.133 e. The molecule has 5 heteroatoms. The van der Waals surface area contributed by atoms with Crippen LogP contribution in [0.15, 0.2) is 24.9 Å². The Labute approximate surface area is 113 Å². The summed E-state index contributed by atoms with van der Waals surface area (Å²) in [5.74, 6) is 0.916. The fraction of sp³-hybridized carbons (Fsp3) is 0.429. The van der Waals surface area contributed by atoms with Gasteiger partial charge in [0.1, 0.15) is 17.8 Å². The molecule has 1 N–H and O–H groups in total.